The number of para-hydroxylation sites is 2. The van der Waals surface area contributed by atoms with Gasteiger partial charge in [-0.2, -0.15) is 0 Å². The van der Waals surface area contributed by atoms with Crippen molar-refractivity contribution in [2.75, 3.05) is 4.90 Å². The lowest BCUT2D eigenvalue weighted by molar-refractivity contribution is 0.673. The van der Waals surface area contributed by atoms with Gasteiger partial charge in [-0.05, 0) is 156 Å². The van der Waals surface area contributed by atoms with Crippen LogP contribution in [0.4, 0.5) is 17.1 Å². The van der Waals surface area contributed by atoms with Gasteiger partial charge < -0.3 is 13.9 Å². The molecule has 0 saturated carbocycles. The van der Waals surface area contributed by atoms with Gasteiger partial charge in [-0.1, -0.05) is 194 Å². The van der Waals surface area contributed by atoms with Crippen molar-refractivity contribution < 1.29 is 4.42 Å². The topological polar surface area (TPSA) is 21.3 Å². The van der Waals surface area contributed by atoms with Gasteiger partial charge in [0, 0.05) is 49.7 Å². The molecule has 0 fully saturated rings. The summed E-state index contributed by atoms with van der Waals surface area (Å²) in [5.41, 5.74) is 17.9. The Morgan fingerprint density at radius 1 is 0.280 bits per heavy atom. The maximum absolute atomic E-state index is 6.60. The van der Waals surface area contributed by atoms with Crippen molar-refractivity contribution in [3.63, 3.8) is 0 Å². The summed E-state index contributed by atoms with van der Waals surface area (Å²) in [7, 11) is 0. The number of fused-ring (bicyclic) bond motifs is 11. The molecule has 0 aliphatic heterocycles. The van der Waals surface area contributed by atoms with E-state index in [0.29, 0.717) is 0 Å². The van der Waals surface area contributed by atoms with Crippen LogP contribution in [0, 0.1) is 0 Å². The minimum Gasteiger partial charge on any atom is -0.455 e. The molecule has 15 aromatic rings. The number of furan rings is 1. The summed E-state index contributed by atoms with van der Waals surface area (Å²) in [6.07, 6.45) is 0. The van der Waals surface area contributed by atoms with E-state index in [9.17, 15) is 0 Å². The molecule has 0 spiro atoms. The van der Waals surface area contributed by atoms with Gasteiger partial charge in [0.15, 0.2) is 0 Å². The fraction of sp³-hybridized carbons (Fsp3) is 0. The highest BCUT2D eigenvalue weighted by molar-refractivity contribution is 6.19. The Kier molecular flexibility index (Phi) is 9.89. The van der Waals surface area contributed by atoms with E-state index in [0.717, 1.165) is 77.9 Å². The zero-order valence-electron chi connectivity index (χ0n) is 40.9. The highest BCUT2D eigenvalue weighted by atomic mass is 16.3. The average molecular weight is 955 g/mol. The van der Waals surface area contributed by atoms with Crippen LogP contribution in [-0.4, -0.2) is 4.57 Å². The Morgan fingerprint density at radius 3 is 1.43 bits per heavy atom. The smallest absolute Gasteiger partial charge is 0.143 e. The highest BCUT2D eigenvalue weighted by Gasteiger charge is 2.18. The molecule has 0 saturated heterocycles. The molecule has 0 atom stereocenters. The zero-order valence-corrected chi connectivity index (χ0v) is 40.9. The first-order chi connectivity index (χ1) is 37.2. The summed E-state index contributed by atoms with van der Waals surface area (Å²) in [4.78, 5) is 2.36. The summed E-state index contributed by atoms with van der Waals surface area (Å²) in [6.45, 7) is 0. The summed E-state index contributed by atoms with van der Waals surface area (Å²) >= 11 is 0. The van der Waals surface area contributed by atoms with Crippen LogP contribution in [0.5, 0.6) is 0 Å². The minimum absolute atomic E-state index is 0.891. The quantitative estimate of drug-likeness (QED) is 0.142. The van der Waals surface area contributed by atoms with Crippen LogP contribution in [-0.2, 0) is 0 Å². The van der Waals surface area contributed by atoms with Crippen molar-refractivity contribution in [1.82, 2.24) is 4.57 Å². The second-order valence-corrected chi connectivity index (χ2v) is 19.6. The van der Waals surface area contributed by atoms with Crippen LogP contribution in [0.15, 0.2) is 283 Å². The Balaban J connectivity index is 0.797. The van der Waals surface area contributed by atoms with Gasteiger partial charge in [-0.3, -0.25) is 0 Å². The number of hydrogen-bond donors (Lipinski definition) is 0. The largest absolute Gasteiger partial charge is 0.455 e. The van der Waals surface area contributed by atoms with Crippen molar-refractivity contribution in [1.29, 1.82) is 0 Å². The van der Waals surface area contributed by atoms with Gasteiger partial charge in [-0.15, -0.1) is 0 Å². The van der Waals surface area contributed by atoms with Crippen molar-refractivity contribution in [3.8, 4) is 50.2 Å². The summed E-state index contributed by atoms with van der Waals surface area (Å²) in [5, 5.41) is 12.1. The fourth-order valence-corrected chi connectivity index (χ4v) is 11.7. The minimum atomic E-state index is 0.891. The molecule has 13 aromatic carbocycles. The lowest BCUT2D eigenvalue weighted by Gasteiger charge is -2.26. The third kappa shape index (κ3) is 7.20. The predicted molar refractivity (Wildman–Crippen MR) is 317 cm³/mol. The molecule has 0 amide bonds. The number of anilines is 3. The first kappa shape index (κ1) is 42.7. The van der Waals surface area contributed by atoms with Crippen LogP contribution in [0.2, 0.25) is 0 Å². The van der Waals surface area contributed by atoms with Crippen molar-refractivity contribution in [2.45, 2.75) is 0 Å². The maximum atomic E-state index is 6.60. The van der Waals surface area contributed by atoms with E-state index in [1.165, 1.54) is 65.4 Å². The van der Waals surface area contributed by atoms with Crippen molar-refractivity contribution >= 4 is 93.1 Å². The second kappa shape index (κ2) is 17.4. The second-order valence-electron chi connectivity index (χ2n) is 19.6. The van der Waals surface area contributed by atoms with Gasteiger partial charge in [-0.25, -0.2) is 0 Å². The number of hydrogen-bond acceptors (Lipinski definition) is 2. The molecular formula is C72H46N2O. The summed E-state index contributed by atoms with van der Waals surface area (Å²) < 4.78 is 8.98. The fourth-order valence-electron chi connectivity index (χ4n) is 11.7. The third-order valence-corrected chi connectivity index (χ3v) is 15.4. The van der Waals surface area contributed by atoms with E-state index in [1.807, 2.05) is 0 Å². The molecule has 3 heteroatoms. The molecule has 75 heavy (non-hydrogen) atoms. The zero-order chi connectivity index (χ0) is 49.4. The Labute approximate surface area is 434 Å². The molecule has 0 aliphatic carbocycles. The number of rotatable bonds is 8. The van der Waals surface area contributed by atoms with Crippen molar-refractivity contribution in [3.05, 3.63) is 279 Å². The summed E-state index contributed by atoms with van der Waals surface area (Å²) in [5.74, 6) is 0. The van der Waals surface area contributed by atoms with Crippen LogP contribution in [0.3, 0.4) is 0 Å². The molecule has 0 bridgehead atoms. The molecular weight excluding hydrogens is 909 g/mol. The van der Waals surface area contributed by atoms with E-state index in [1.54, 1.807) is 0 Å². The van der Waals surface area contributed by atoms with E-state index in [-0.39, 0.29) is 0 Å². The molecule has 0 aliphatic rings. The average Bonchev–Trinajstić information content (AvgIpc) is 4.08. The first-order valence-electron chi connectivity index (χ1n) is 25.7. The van der Waals surface area contributed by atoms with Gasteiger partial charge in [0.05, 0.1) is 11.0 Å². The predicted octanol–water partition coefficient (Wildman–Crippen LogP) is 20.3. The lowest BCUT2D eigenvalue weighted by atomic mass is 9.95. The normalized spacial score (nSPS) is 11.7. The van der Waals surface area contributed by atoms with E-state index < -0.39 is 0 Å². The molecule has 15 rings (SSSR count). The molecule has 0 N–H and O–H groups in total. The Bertz CT molecular complexity index is 4640. The van der Waals surface area contributed by atoms with Gasteiger partial charge in [0.1, 0.15) is 11.2 Å². The molecule has 2 heterocycles. The Hall–Kier alpha value is -9.96. The van der Waals surface area contributed by atoms with Gasteiger partial charge >= 0.3 is 0 Å². The highest BCUT2D eigenvalue weighted by Crippen LogP contribution is 2.43. The monoisotopic (exact) mass is 954 g/mol. The molecule has 0 radical (unpaired) electrons. The lowest BCUT2D eigenvalue weighted by Crippen LogP contribution is -2.09. The first-order valence-corrected chi connectivity index (χ1v) is 25.7. The standard InChI is InChI=1S/C72H46N2O/c1-3-18-61-49(12-1)26-27-56-45-55(35-42-62(56)61)53-15-9-14-52(44-53)47-28-36-57(37-29-47)73(59-40-32-51(33-41-59)63-22-11-25-70-71(63)67-43-34-50-13-2-4-19-64(50)72(67)75-70)58-38-30-48(31-39-58)54-16-10-17-60(46-54)74-68-23-7-5-20-65(68)66-21-6-8-24-69(66)74/h1-46H. The van der Waals surface area contributed by atoms with Gasteiger partial charge in [0.25, 0.3) is 0 Å². The van der Waals surface area contributed by atoms with Crippen LogP contribution in [0.1, 0.15) is 0 Å². The Morgan fingerprint density at radius 2 is 0.747 bits per heavy atom. The molecule has 350 valence electrons. The van der Waals surface area contributed by atoms with E-state index in [4.69, 9.17) is 4.42 Å². The molecule has 2 aromatic heterocycles. The summed E-state index contributed by atoms with van der Waals surface area (Å²) in [6, 6.07) is 101. The van der Waals surface area contributed by atoms with Gasteiger partial charge in [0.2, 0.25) is 0 Å². The van der Waals surface area contributed by atoms with Crippen LogP contribution >= 0.6 is 0 Å². The maximum Gasteiger partial charge on any atom is 0.143 e. The van der Waals surface area contributed by atoms with Crippen LogP contribution < -0.4 is 4.90 Å². The SMILES string of the molecule is c1cc(-c2ccc(N(c3ccc(-c4cccc(-n5c6ccccc6c6ccccc65)c4)cc3)c3ccc(-c4cccc5oc6c7ccccc7ccc6c45)cc3)cc2)cc(-c2ccc3c(ccc4ccccc43)c2)c1. The van der Waals surface area contributed by atoms with E-state index in [2.05, 4.69) is 289 Å². The van der Waals surface area contributed by atoms with Crippen molar-refractivity contribution in [2.24, 2.45) is 0 Å². The van der Waals surface area contributed by atoms with Crippen LogP contribution in [0.25, 0.3) is 126 Å². The number of benzene rings is 13. The number of aromatic nitrogens is 1. The van der Waals surface area contributed by atoms with E-state index >= 15 is 0 Å². The molecule has 3 nitrogen and oxygen atoms in total. The third-order valence-electron chi connectivity index (χ3n) is 15.4. The number of nitrogens with zero attached hydrogens (tertiary/aromatic N) is 2. The molecule has 0 unspecified atom stereocenters.